The minimum atomic E-state index is -0.170. The fraction of sp³-hybridized carbons (Fsp3) is 0.0588. The van der Waals surface area contributed by atoms with Crippen LogP contribution in [0.15, 0.2) is 46.3 Å². The first-order chi connectivity index (χ1) is 11.1. The topological polar surface area (TPSA) is 102 Å². The molecular weight excluding hydrogens is 292 g/mol. The van der Waals surface area contributed by atoms with Crippen molar-refractivity contribution in [1.29, 1.82) is 5.53 Å². The van der Waals surface area contributed by atoms with E-state index in [9.17, 15) is 9.90 Å². The van der Waals surface area contributed by atoms with Crippen molar-refractivity contribution in [3.8, 4) is 5.75 Å². The number of rotatable bonds is 1. The Morgan fingerprint density at radius 2 is 1.78 bits per heavy atom. The van der Waals surface area contributed by atoms with E-state index in [1.165, 1.54) is 0 Å². The van der Waals surface area contributed by atoms with Crippen LogP contribution in [0.4, 0.5) is 5.82 Å². The molecule has 4 aromatic rings. The van der Waals surface area contributed by atoms with Crippen molar-refractivity contribution >= 4 is 38.3 Å². The third-order valence-corrected chi connectivity index (χ3v) is 4.04. The summed E-state index contributed by atoms with van der Waals surface area (Å²) >= 11 is 0. The molecule has 3 N–H and O–H groups in total. The summed E-state index contributed by atoms with van der Waals surface area (Å²) in [6, 6.07) is 10.3. The first kappa shape index (κ1) is 13.4. The summed E-state index contributed by atoms with van der Waals surface area (Å²) in [5, 5.41) is 16.4. The van der Waals surface area contributed by atoms with Gasteiger partial charge in [0, 0.05) is 21.5 Å². The summed E-state index contributed by atoms with van der Waals surface area (Å²) in [5.74, 6) is 0.859. The number of aromatic nitrogens is 2. The van der Waals surface area contributed by atoms with Crippen molar-refractivity contribution in [3.63, 3.8) is 0 Å². The van der Waals surface area contributed by atoms with Crippen molar-refractivity contribution in [1.82, 2.24) is 9.97 Å². The van der Waals surface area contributed by atoms with Gasteiger partial charge in [0.15, 0.2) is 11.2 Å². The van der Waals surface area contributed by atoms with Gasteiger partial charge in [-0.1, -0.05) is 24.3 Å². The molecule has 0 atom stereocenters. The van der Waals surface area contributed by atoms with E-state index in [-0.39, 0.29) is 17.0 Å². The highest BCUT2D eigenvalue weighted by Crippen LogP contribution is 2.35. The molecule has 0 aliphatic heterocycles. The Balaban J connectivity index is 2.38. The SMILES string of the molecule is Cc1nc(N=N)c2ccc3c(O)c4ccccc4c(=O)c3c2[nH]1. The molecule has 0 aliphatic rings. The number of benzene rings is 3. The molecule has 0 saturated heterocycles. The number of fused-ring (bicyclic) bond motifs is 4. The predicted molar refractivity (Wildman–Crippen MR) is 88.6 cm³/mol. The average molecular weight is 304 g/mol. The minimum absolute atomic E-state index is 0.0735. The summed E-state index contributed by atoms with van der Waals surface area (Å²) in [4.78, 5) is 20.2. The third-order valence-electron chi connectivity index (χ3n) is 4.04. The van der Waals surface area contributed by atoms with Crippen LogP contribution in [-0.4, -0.2) is 15.1 Å². The van der Waals surface area contributed by atoms with Crippen LogP contribution < -0.4 is 5.43 Å². The molecule has 0 amide bonds. The zero-order valence-electron chi connectivity index (χ0n) is 12.2. The van der Waals surface area contributed by atoms with Crippen molar-refractivity contribution in [3.05, 3.63) is 52.4 Å². The number of phenols is 1. The number of phenolic OH excluding ortho intramolecular Hbond substituents is 1. The van der Waals surface area contributed by atoms with Gasteiger partial charge in [-0.2, -0.15) is 0 Å². The quantitative estimate of drug-likeness (QED) is 0.282. The van der Waals surface area contributed by atoms with Crippen molar-refractivity contribution < 1.29 is 5.11 Å². The average Bonchev–Trinajstić information content (AvgIpc) is 2.58. The number of aryl methyl sites for hydroxylation is 1. The molecule has 6 heteroatoms. The molecule has 1 aromatic heterocycles. The zero-order valence-corrected chi connectivity index (χ0v) is 12.2. The van der Waals surface area contributed by atoms with Crippen LogP contribution >= 0.6 is 0 Å². The summed E-state index contributed by atoms with van der Waals surface area (Å²) in [6.45, 7) is 1.73. The molecule has 1 heterocycles. The van der Waals surface area contributed by atoms with Crippen LogP contribution in [0.25, 0.3) is 32.4 Å². The Hall–Kier alpha value is -3.28. The number of hydrogen-bond donors (Lipinski definition) is 3. The lowest BCUT2D eigenvalue weighted by Gasteiger charge is -2.10. The molecule has 0 aliphatic carbocycles. The van der Waals surface area contributed by atoms with Crippen molar-refractivity contribution in [2.75, 3.05) is 0 Å². The lowest BCUT2D eigenvalue weighted by Crippen LogP contribution is -2.04. The number of aromatic hydroxyl groups is 1. The largest absolute Gasteiger partial charge is 0.507 e. The lowest BCUT2D eigenvalue weighted by atomic mass is 9.99. The van der Waals surface area contributed by atoms with E-state index in [0.717, 1.165) is 0 Å². The van der Waals surface area contributed by atoms with Crippen LogP contribution in [0.5, 0.6) is 5.75 Å². The second-order valence-corrected chi connectivity index (χ2v) is 5.39. The molecule has 3 aromatic carbocycles. The Morgan fingerprint density at radius 3 is 2.52 bits per heavy atom. The van der Waals surface area contributed by atoms with E-state index in [1.54, 1.807) is 43.3 Å². The molecule has 0 bridgehead atoms. The first-order valence-electron chi connectivity index (χ1n) is 7.06. The van der Waals surface area contributed by atoms with Crippen molar-refractivity contribution in [2.24, 2.45) is 5.11 Å². The van der Waals surface area contributed by atoms with Gasteiger partial charge in [0.25, 0.3) is 0 Å². The molecule has 0 spiro atoms. The molecule has 6 nitrogen and oxygen atoms in total. The maximum atomic E-state index is 12.9. The first-order valence-corrected chi connectivity index (χ1v) is 7.06. The van der Waals surface area contributed by atoms with Gasteiger partial charge in [0.2, 0.25) is 0 Å². The molecule has 0 radical (unpaired) electrons. The summed E-state index contributed by atoms with van der Waals surface area (Å²) in [6.07, 6.45) is 0. The van der Waals surface area contributed by atoms with E-state index in [1.807, 2.05) is 0 Å². The summed E-state index contributed by atoms with van der Waals surface area (Å²) < 4.78 is 0. The highest BCUT2D eigenvalue weighted by Gasteiger charge is 2.16. The van der Waals surface area contributed by atoms with Gasteiger partial charge < -0.3 is 10.1 Å². The Labute approximate surface area is 129 Å². The van der Waals surface area contributed by atoms with Crippen LogP contribution in [0, 0.1) is 12.5 Å². The molecule has 0 fully saturated rings. The number of nitrogens with one attached hydrogen (secondary N) is 2. The van der Waals surface area contributed by atoms with E-state index >= 15 is 0 Å². The maximum Gasteiger partial charge on any atom is 0.196 e. The molecule has 0 unspecified atom stereocenters. The Kier molecular flexibility index (Phi) is 2.68. The van der Waals surface area contributed by atoms with Crippen LogP contribution in [0.2, 0.25) is 0 Å². The molecule has 112 valence electrons. The number of hydrogen-bond acceptors (Lipinski definition) is 5. The molecule has 0 saturated carbocycles. The monoisotopic (exact) mass is 304 g/mol. The third kappa shape index (κ3) is 1.75. The second-order valence-electron chi connectivity index (χ2n) is 5.39. The van der Waals surface area contributed by atoms with Gasteiger partial charge in [-0.25, -0.2) is 10.5 Å². The number of nitrogens with zero attached hydrogens (tertiary/aromatic N) is 2. The molecule has 23 heavy (non-hydrogen) atoms. The zero-order chi connectivity index (χ0) is 16.1. The fourth-order valence-corrected chi connectivity index (χ4v) is 3.03. The van der Waals surface area contributed by atoms with Gasteiger partial charge in [-0.15, -0.1) is 5.11 Å². The summed E-state index contributed by atoms with van der Waals surface area (Å²) in [5.41, 5.74) is 7.64. The van der Waals surface area contributed by atoms with Gasteiger partial charge >= 0.3 is 0 Å². The lowest BCUT2D eigenvalue weighted by molar-refractivity contribution is 0.488. The Bertz CT molecular complexity index is 1180. The van der Waals surface area contributed by atoms with Gasteiger partial charge in [0.05, 0.1) is 10.9 Å². The maximum absolute atomic E-state index is 12.9. The summed E-state index contributed by atoms with van der Waals surface area (Å²) in [7, 11) is 0. The molecular formula is C17H12N4O2. The highest BCUT2D eigenvalue weighted by molar-refractivity contribution is 6.15. The smallest absolute Gasteiger partial charge is 0.196 e. The highest BCUT2D eigenvalue weighted by atomic mass is 16.3. The predicted octanol–water partition coefficient (Wildman–Crippen LogP) is 3.91. The van der Waals surface area contributed by atoms with Gasteiger partial charge in [-0.05, 0) is 19.1 Å². The molecule has 4 rings (SSSR count). The van der Waals surface area contributed by atoms with E-state index in [4.69, 9.17) is 5.53 Å². The Morgan fingerprint density at radius 1 is 1.09 bits per heavy atom. The minimum Gasteiger partial charge on any atom is -0.507 e. The van der Waals surface area contributed by atoms with E-state index in [2.05, 4.69) is 15.1 Å². The van der Waals surface area contributed by atoms with Crippen LogP contribution in [-0.2, 0) is 0 Å². The number of aromatic amines is 1. The second kappa shape index (κ2) is 4.61. The van der Waals surface area contributed by atoms with Crippen LogP contribution in [0.1, 0.15) is 5.82 Å². The van der Waals surface area contributed by atoms with E-state index < -0.39 is 0 Å². The number of H-pyrrole nitrogens is 1. The normalized spacial score (nSPS) is 11.3. The van der Waals surface area contributed by atoms with E-state index in [0.29, 0.717) is 38.3 Å². The van der Waals surface area contributed by atoms with Crippen LogP contribution in [0.3, 0.4) is 0 Å². The fourth-order valence-electron chi connectivity index (χ4n) is 3.03. The van der Waals surface area contributed by atoms with Gasteiger partial charge in [-0.3, -0.25) is 4.79 Å². The standard InChI is InChI=1S/C17H12N4O2/c1-8-19-14-12(17(20-8)21-18)7-6-11-13(14)16(23)10-5-3-2-4-9(10)15(11)22/h2-7,18,22H,1H3,(H,19,20). The van der Waals surface area contributed by atoms with Gasteiger partial charge in [0.1, 0.15) is 11.6 Å². The van der Waals surface area contributed by atoms with Crippen molar-refractivity contribution in [2.45, 2.75) is 6.92 Å².